The number of benzene rings is 1. The van der Waals surface area contributed by atoms with Crippen molar-refractivity contribution in [2.75, 3.05) is 18.3 Å². The third-order valence-electron chi connectivity index (χ3n) is 2.68. The predicted octanol–water partition coefficient (Wildman–Crippen LogP) is 1.42. The number of nitrogens with zero attached hydrogens (tertiary/aromatic N) is 3. The number of methoxy groups -OCH3 is 1. The number of nitrogens with one attached hydrogen (secondary N) is 2. The first-order valence-electron chi connectivity index (χ1n) is 6.75. The summed E-state index contributed by atoms with van der Waals surface area (Å²) in [4.78, 5) is 22.9. The summed E-state index contributed by atoms with van der Waals surface area (Å²) < 4.78 is 5.18. The van der Waals surface area contributed by atoms with Crippen LogP contribution >= 0.6 is 22.9 Å². The minimum absolute atomic E-state index is 0.00230. The Balaban J connectivity index is 1.87. The summed E-state index contributed by atoms with van der Waals surface area (Å²) >= 11 is 6.47. The molecule has 0 unspecified atom stereocenters. The van der Waals surface area contributed by atoms with E-state index < -0.39 is 0 Å². The third-order valence-corrected chi connectivity index (χ3v) is 3.76. The van der Waals surface area contributed by atoms with E-state index in [-0.39, 0.29) is 24.1 Å². The number of para-hydroxylation sites is 1. The number of amides is 2. The maximum absolute atomic E-state index is 11.8. The molecule has 0 spiro atoms. The fourth-order valence-corrected chi connectivity index (χ4v) is 2.47. The van der Waals surface area contributed by atoms with Gasteiger partial charge in [0.1, 0.15) is 16.6 Å². The molecule has 0 saturated heterocycles. The molecule has 8 nitrogen and oxygen atoms in total. The lowest BCUT2D eigenvalue weighted by atomic mass is 10.2. The van der Waals surface area contributed by atoms with E-state index in [0.29, 0.717) is 15.9 Å². The predicted molar refractivity (Wildman–Crippen MR) is 91.7 cm³/mol. The first-order valence-corrected chi connectivity index (χ1v) is 8.10. The van der Waals surface area contributed by atoms with E-state index in [9.17, 15) is 9.59 Å². The zero-order chi connectivity index (χ0) is 17.4. The molecule has 126 valence electrons. The van der Waals surface area contributed by atoms with Crippen LogP contribution in [0.1, 0.15) is 10.6 Å². The van der Waals surface area contributed by atoms with Crippen molar-refractivity contribution in [3.63, 3.8) is 0 Å². The Hall–Kier alpha value is -2.52. The van der Waals surface area contributed by atoms with E-state index in [1.807, 2.05) is 18.2 Å². The Kier molecular flexibility index (Phi) is 6.64. The lowest BCUT2D eigenvalue weighted by molar-refractivity contribution is -0.120. The Morgan fingerprint density at radius 2 is 2.12 bits per heavy atom. The van der Waals surface area contributed by atoms with Gasteiger partial charge in [-0.15, -0.1) is 21.8 Å². The molecule has 0 radical (unpaired) electrons. The molecule has 2 amide bonds. The van der Waals surface area contributed by atoms with Crippen LogP contribution in [0.3, 0.4) is 0 Å². The van der Waals surface area contributed by atoms with E-state index >= 15 is 0 Å². The SMILES string of the molecule is COc1ccccc1/C=N\NC(=O)Cc1nnc(NC(=O)CCl)s1. The van der Waals surface area contributed by atoms with E-state index in [2.05, 4.69) is 26.0 Å². The number of carbonyl (C=O) groups is 2. The zero-order valence-corrected chi connectivity index (χ0v) is 14.2. The molecule has 0 fully saturated rings. The minimum Gasteiger partial charge on any atom is -0.496 e. The number of ether oxygens (including phenoxy) is 1. The molecule has 1 heterocycles. The highest BCUT2D eigenvalue weighted by Gasteiger charge is 2.10. The van der Waals surface area contributed by atoms with Crippen LogP contribution in [-0.2, 0) is 16.0 Å². The third kappa shape index (κ3) is 5.28. The lowest BCUT2D eigenvalue weighted by Gasteiger charge is -2.02. The number of rotatable bonds is 7. The molecule has 2 aromatic rings. The number of hydrogen-bond donors (Lipinski definition) is 2. The zero-order valence-electron chi connectivity index (χ0n) is 12.7. The van der Waals surface area contributed by atoms with Gasteiger partial charge in [0.25, 0.3) is 0 Å². The van der Waals surface area contributed by atoms with Gasteiger partial charge in [-0.25, -0.2) is 5.43 Å². The van der Waals surface area contributed by atoms with Crippen molar-refractivity contribution >= 4 is 46.1 Å². The molecule has 0 aliphatic carbocycles. The van der Waals surface area contributed by atoms with Crippen LogP contribution in [0.2, 0.25) is 0 Å². The van der Waals surface area contributed by atoms with Crippen molar-refractivity contribution in [1.82, 2.24) is 15.6 Å². The fourth-order valence-electron chi connectivity index (χ4n) is 1.65. The van der Waals surface area contributed by atoms with Gasteiger partial charge in [0, 0.05) is 5.56 Å². The first kappa shape index (κ1) is 17.8. The fraction of sp³-hybridized carbons (Fsp3) is 0.214. The molecule has 0 aliphatic rings. The molecule has 10 heteroatoms. The van der Waals surface area contributed by atoms with E-state index in [0.717, 1.165) is 16.9 Å². The number of anilines is 1. The van der Waals surface area contributed by atoms with Crippen LogP contribution in [0.5, 0.6) is 5.75 Å². The van der Waals surface area contributed by atoms with Crippen molar-refractivity contribution < 1.29 is 14.3 Å². The highest BCUT2D eigenvalue weighted by molar-refractivity contribution is 7.15. The average molecular weight is 368 g/mol. The normalized spacial score (nSPS) is 10.6. The Morgan fingerprint density at radius 3 is 2.88 bits per heavy atom. The number of hydrazone groups is 1. The molecule has 0 bridgehead atoms. The number of alkyl halides is 1. The lowest BCUT2D eigenvalue weighted by Crippen LogP contribution is -2.19. The van der Waals surface area contributed by atoms with E-state index in [4.69, 9.17) is 16.3 Å². The van der Waals surface area contributed by atoms with Crippen LogP contribution in [-0.4, -0.2) is 41.2 Å². The van der Waals surface area contributed by atoms with Crippen molar-refractivity contribution in [2.24, 2.45) is 5.10 Å². The first-order chi connectivity index (χ1) is 11.6. The molecule has 2 rings (SSSR count). The van der Waals surface area contributed by atoms with Crippen LogP contribution in [0, 0.1) is 0 Å². The average Bonchev–Trinajstić information content (AvgIpc) is 3.01. The maximum atomic E-state index is 11.8. The standard InChI is InChI=1S/C14H14ClN5O3S/c1-23-10-5-3-2-4-9(10)8-16-18-11(21)6-13-19-20-14(24-13)17-12(22)7-15/h2-5,8H,6-7H2,1H3,(H,18,21)(H,17,20,22)/b16-8-. The molecular formula is C14H14ClN5O3S. The number of halogens is 1. The van der Waals surface area contributed by atoms with Gasteiger partial charge >= 0.3 is 0 Å². The summed E-state index contributed by atoms with van der Waals surface area (Å²) in [6, 6.07) is 7.28. The molecule has 0 aliphatic heterocycles. The molecule has 2 N–H and O–H groups in total. The van der Waals surface area contributed by atoms with Crippen molar-refractivity contribution in [3.8, 4) is 5.75 Å². The van der Waals surface area contributed by atoms with Gasteiger partial charge in [-0.05, 0) is 12.1 Å². The van der Waals surface area contributed by atoms with Gasteiger partial charge in [0.05, 0.1) is 19.7 Å². The Bertz CT molecular complexity index is 750. The van der Waals surface area contributed by atoms with Crippen LogP contribution in [0.25, 0.3) is 0 Å². The highest BCUT2D eigenvalue weighted by Crippen LogP contribution is 2.16. The number of hydrogen-bond acceptors (Lipinski definition) is 7. The van der Waals surface area contributed by atoms with Gasteiger partial charge in [0.15, 0.2) is 0 Å². The second-order valence-corrected chi connectivity index (χ2v) is 5.72. The van der Waals surface area contributed by atoms with Crippen LogP contribution in [0.4, 0.5) is 5.13 Å². The smallest absolute Gasteiger partial charge is 0.247 e. The quantitative estimate of drug-likeness (QED) is 0.437. The summed E-state index contributed by atoms with van der Waals surface area (Å²) in [5, 5.41) is 14.6. The van der Waals surface area contributed by atoms with Crippen molar-refractivity contribution in [3.05, 3.63) is 34.8 Å². The molecule has 0 saturated carbocycles. The summed E-state index contributed by atoms with van der Waals surface area (Å²) in [7, 11) is 1.56. The van der Waals surface area contributed by atoms with Gasteiger partial charge < -0.3 is 4.74 Å². The van der Waals surface area contributed by atoms with E-state index in [1.54, 1.807) is 13.2 Å². The summed E-state index contributed by atoms with van der Waals surface area (Å²) in [6.45, 7) is 0. The molecular weight excluding hydrogens is 354 g/mol. The molecule has 1 aromatic carbocycles. The molecule has 24 heavy (non-hydrogen) atoms. The summed E-state index contributed by atoms with van der Waals surface area (Å²) in [5.74, 6) is -0.260. The summed E-state index contributed by atoms with van der Waals surface area (Å²) in [5.41, 5.74) is 3.14. The van der Waals surface area contributed by atoms with Gasteiger partial charge in [0.2, 0.25) is 16.9 Å². The van der Waals surface area contributed by atoms with Crippen molar-refractivity contribution in [1.29, 1.82) is 0 Å². The number of carbonyl (C=O) groups excluding carboxylic acids is 2. The van der Waals surface area contributed by atoms with Gasteiger partial charge in [-0.2, -0.15) is 5.10 Å². The topological polar surface area (TPSA) is 106 Å². The molecule has 1 aromatic heterocycles. The largest absolute Gasteiger partial charge is 0.496 e. The van der Waals surface area contributed by atoms with Crippen LogP contribution < -0.4 is 15.5 Å². The second kappa shape index (κ2) is 8.94. The highest BCUT2D eigenvalue weighted by atomic mass is 35.5. The van der Waals surface area contributed by atoms with Gasteiger partial charge in [-0.3, -0.25) is 14.9 Å². The summed E-state index contributed by atoms with van der Waals surface area (Å²) in [6.07, 6.45) is 1.49. The van der Waals surface area contributed by atoms with E-state index in [1.165, 1.54) is 6.21 Å². The Morgan fingerprint density at radius 1 is 1.33 bits per heavy atom. The molecule has 0 atom stereocenters. The Labute approximate surface area is 146 Å². The van der Waals surface area contributed by atoms with Crippen molar-refractivity contribution in [2.45, 2.75) is 6.42 Å². The monoisotopic (exact) mass is 367 g/mol. The number of aromatic nitrogens is 2. The minimum atomic E-state index is -0.384. The van der Waals surface area contributed by atoms with Crippen LogP contribution in [0.15, 0.2) is 29.4 Å². The van der Waals surface area contributed by atoms with Gasteiger partial charge in [-0.1, -0.05) is 23.5 Å². The second-order valence-electron chi connectivity index (χ2n) is 4.39. The maximum Gasteiger partial charge on any atom is 0.247 e.